The van der Waals surface area contributed by atoms with Gasteiger partial charge in [-0.1, -0.05) is 0 Å². The van der Waals surface area contributed by atoms with E-state index in [2.05, 4.69) is 35.9 Å². The number of hydrogen-bond acceptors (Lipinski definition) is 3. The highest BCUT2D eigenvalue weighted by molar-refractivity contribution is 5.58. The summed E-state index contributed by atoms with van der Waals surface area (Å²) in [6.07, 6.45) is 5.46. The molecule has 0 amide bonds. The van der Waals surface area contributed by atoms with Gasteiger partial charge in [0.15, 0.2) is 0 Å². The molecule has 4 nitrogen and oxygen atoms in total. The molecule has 0 aromatic heterocycles. The van der Waals surface area contributed by atoms with Crippen LogP contribution in [-0.2, 0) is 0 Å². The van der Waals surface area contributed by atoms with Gasteiger partial charge in [0.2, 0.25) is 0 Å². The van der Waals surface area contributed by atoms with Crippen molar-refractivity contribution in [2.24, 2.45) is 0 Å². The number of nitrogens with zero attached hydrogens (tertiary/aromatic N) is 3. The molecule has 2 heterocycles. The van der Waals surface area contributed by atoms with Gasteiger partial charge >= 0.3 is 0 Å². The molecule has 4 heteroatoms. The van der Waals surface area contributed by atoms with Crippen LogP contribution in [0.1, 0.15) is 31.2 Å². The maximum atomic E-state index is 5.96. The summed E-state index contributed by atoms with van der Waals surface area (Å²) in [7, 11) is 2.45. The van der Waals surface area contributed by atoms with Crippen molar-refractivity contribution in [3.8, 4) is 0 Å². The number of benzene rings is 1. The van der Waals surface area contributed by atoms with Crippen molar-refractivity contribution in [2.75, 3.05) is 70.0 Å². The van der Waals surface area contributed by atoms with E-state index in [1.807, 2.05) is 6.07 Å². The van der Waals surface area contributed by atoms with Crippen LogP contribution in [0.3, 0.4) is 0 Å². The molecule has 1 aromatic carbocycles. The standard InChI is InChI=1S/C20H35N4/c1-18-17-19(7-8-20(18)21)23-11-5-9-22(12-13-23)10-6-16-24(2)14-3-4-15-24/h7-8,17H,3-6,9-16,21H2,1-2H3/q+1. The Hall–Kier alpha value is -1.26. The second kappa shape index (κ2) is 7.75. The molecule has 0 saturated carbocycles. The van der Waals surface area contributed by atoms with E-state index in [0.29, 0.717) is 0 Å². The lowest BCUT2D eigenvalue weighted by Gasteiger charge is -2.30. The highest BCUT2D eigenvalue weighted by Crippen LogP contribution is 2.22. The Balaban J connectivity index is 1.47. The molecule has 0 aliphatic carbocycles. The number of nitrogens with two attached hydrogens (primary N) is 1. The van der Waals surface area contributed by atoms with Crippen LogP contribution in [0.4, 0.5) is 11.4 Å². The summed E-state index contributed by atoms with van der Waals surface area (Å²) >= 11 is 0. The molecule has 0 unspecified atom stereocenters. The first-order valence-electron chi connectivity index (χ1n) is 9.73. The Morgan fingerprint density at radius 1 is 1.04 bits per heavy atom. The molecular weight excluding hydrogens is 296 g/mol. The smallest absolute Gasteiger partial charge is 0.0796 e. The van der Waals surface area contributed by atoms with Gasteiger partial charge in [0.1, 0.15) is 0 Å². The second-order valence-corrected chi connectivity index (χ2v) is 8.07. The molecule has 2 N–H and O–H groups in total. The number of nitrogen functional groups attached to an aromatic ring is 1. The Morgan fingerprint density at radius 3 is 2.58 bits per heavy atom. The lowest BCUT2D eigenvalue weighted by molar-refractivity contribution is -0.897. The van der Waals surface area contributed by atoms with Crippen molar-refractivity contribution in [1.29, 1.82) is 0 Å². The highest BCUT2D eigenvalue weighted by atomic mass is 15.3. The normalized spacial score (nSPS) is 21.8. The minimum Gasteiger partial charge on any atom is -0.399 e. The van der Waals surface area contributed by atoms with Gasteiger partial charge in [-0.2, -0.15) is 0 Å². The minimum absolute atomic E-state index is 0.897. The van der Waals surface area contributed by atoms with Crippen LogP contribution in [0, 0.1) is 6.92 Å². The van der Waals surface area contributed by atoms with Crippen molar-refractivity contribution in [1.82, 2.24) is 4.90 Å². The zero-order chi connectivity index (χ0) is 17.0. The van der Waals surface area contributed by atoms with E-state index in [9.17, 15) is 0 Å². The van der Waals surface area contributed by atoms with E-state index in [4.69, 9.17) is 5.73 Å². The maximum Gasteiger partial charge on any atom is 0.0796 e. The summed E-state index contributed by atoms with van der Waals surface area (Å²) in [5.41, 5.74) is 9.38. The van der Waals surface area contributed by atoms with Crippen molar-refractivity contribution in [2.45, 2.75) is 32.6 Å². The van der Waals surface area contributed by atoms with Gasteiger partial charge in [0.25, 0.3) is 0 Å². The topological polar surface area (TPSA) is 32.5 Å². The lowest BCUT2D eigenvalue weighted by Crippen LogP contribution is -2.43. The molecule has 0 atom stereocenters. The third kappa shape index (κ3) is 4.42. The number of aryl methyl sites for hydroxylation is 1. The van der Waals surface area contributed by atoms with Crippen molar-refractivity contribution >= 4 is 11.4 Å². The third-order valence-electron chi connectivity index (χ3n) is 6.03. The quantitative estimate of drug-likeness (QED) is 0.665. The third-order valence-corrected chi connectivity index (χ3v) is 6.03. The zero-order valence-electron chi connectivity index (χ0n) is 15.6. The molecule has 2 fully saturated rings. The van der Waals surface area contributed by atoms with E-state index >= 15 is 0 Å². The molecular formula is C20H35N4+. The second-order valence-electron chi connectivity index (χ2n) is 8.07. The van der Waals surface area contributed by atoms with E-state index in [1.165, 1.54) is 80.7 Å². The average Bonchev–Trinajstić information content (AvgIpc) is 2.85. The van der Waals surface area contributed by atoms with Crippen LogP contribution in [0.5, 0.6) is 0 Å². The van der Waals surface area contributed by atoms with Gasteiger partial charge < -0.3 is 20.0 Å². The van der Waals surface area contributed by atoms with Gasteiger partial charge in [-0.25, -0.2) is 0 Å². The fraction of sp³-hybridized carbons (Fsp3) is 0.700. The first kappa shape index (κ1) is 17.6. The molecule has 24 heavy (non-hydrogen) atoms. The molecule has 3 rings (SSSR count). The predicted molar refractivity (Wildman–Crippen MR) is 103 cm³/mol. The van der Waals surface area contributed by atoms with Gasteiger partial charge in [0.05, 0.1) is 26.7 Å². The first-order chi connectivity index (χ1) is 11.6. The first-order valence-corrected chi connectivity index (χ1v) is 9.73. The molecule has 0 spiro atoms. The summed E-state index contributed by atoms with van der Waals surface area (Å²) in [6.45, 7) is 12.2. The van der Waals surface area contributed by atoms with Gasteiger partial charge in [0, 0.05) is 56.8 Å². The Kier molecular flexibility index (Phi) is 5.67. The minimum atomic E-state index is 0.897. The SMILES string of the molecule is Cc1cc(N2CCCN(CCC[N+]3(C)CCCC3)CC2)ccc1N. The van der Waals surface area contributed by atoms with Crippen molar-refractivity contribution < 1.29 is 4.48 Å². The van der Waals surface area contributed by atoms with Gasteiger partial charge in [-0.15, -0.1) is 0 Å². The number of anilines is 2. The maximum absolute atomic E-state index is 5.96. The van der Waals surface area contributed by atoms with Crippen LogP contribution in [0.15, 0.2) is 18.2 Å². The fourth-order valence-electron chi connectivity index (χ4n) is 4.31. The lowest BCUT2D eigenvalue weighted by atomic mass is 10.1. The van der Waals surface area contributed by atoms with Gasteiger partial charge in [-0.05, 0) is 43.7 Å². The summed E-state index contributed by atoms with van der Waals surface area (Å²) in [6, 6.07) is 6.47. The van der Waals surface area contributed by atoms with Crippen LogP contribution < -0.4 is 10.6 Å². The Morgan fingerprint density at radius 2 is 1.83 bits per heavy atom. The van der Waals surface area contributed by atoms with Crippen LogP contribution in [-0.4, -0.2) is 68.8 Å². The van der Waals surface area contributed by atoms with Crippen LogP contribution in [0.25, 0.3) is 0 Å². The molecule has 2 aliphatic heterocycles. The zero-order valence-corrected chi connectivity index (χ0v) is 15.6. The molecule has 134 valence electrons. The average molecular weight is 332 g/mol. The fourth-order valence-corrected chi connectivity index (χ4v) is 4.31. The Bertz CT molecular complexity index is 536. The molecule has 0 radical (unpaired) electrons. The number of likely N-dealkylation sites (tertiary alicyclic amines) is 1. The molecule has 2 aliphatic rings. The van der Waals surface area contributed by atoms with Crippen LogP contribution >= 0.6 is 0 Å². The highest BCUT2D eigenvalue weighted by Gasteiger charge is 2.26. The Labute approximate surface area is 147 Å². The summed E-state index contributed by atoms with van der Waals surface area (Å²) in [4.78, 5) is 5.20. The summed E-state index contributed by atoms with van der Waals surface area (Å²) in [5, 5.41) is 0. The number of rotatable bonds is 5. The van der Waals surface area contributed by atoms with Crippen molar-refractivity contribution in [3.63, 3.8) is 0 Å². The number of hydrogen-bond donors (Lipinski definition) is 1. The van der Waals surface area contributed by atoms with Crippen LogP contribution in [0.2, 0.25) is 0 Å². The van der Waals surface area contributed by atoms with E-state index < -0.39 is 0 Å². The largest absolute Gasteiger partial charge is 0.399 e. The predicted octanol–water partition coefficient (Wildman–Crippen LogP) is 2.72. The molecule has 1 aromatic rings. The van der Waals surface area contributed by atoms with Gasteiger partial charge in [-0.3, -0.25) is 0 Å². The summed E-state index contributed by atoms with van der Waals surface area (Å²) in [5.74, 6) is 0. The monoisotopic (exact) mass is 331 g/mol. The van der Waals surface area contributed by atoms with E-state index in [1.54, 1.807) is 0 Å². The molecule has 2 saturated heterocycles. The van der Waals surface area contributed by atoms with Crippen molar-refractivity contribution in [3.05, 3.63) is 23.8 Å². The van der Waals surface area contributed by atoms with E-state index in [0.717, 1.165) is 18.8 Å². The summed E-state index contributed by atoms with van der Waals surface area (Å²) < 4.78 is 1.31. The molecule has 0 bridgehead atoms. The van der Waals surface area contributed by atoms with E-state index in [-0.39, 0.29) is 0 Å². The number of quaternary nitrogens is 1.